The van der Waals surface area contributed by atoms with E-state index in [4.69, 9.17) is 4.42 Å². The van der Waals surface area contributed by atoms with Crippen molar-refractivity contribution < 1.29 is 14.0 Å². The molecule has 3 rings (SSSR count). The van der Waals surface area contributed by atoms with Crippen LogP contribution in [0.1, 0.15) is 10.8 Å². The molecule has 1 atom stereocenters. The summed E-state index contributed by atoms with van der Waals surface area (Å²) in [6.07, 6.45) is 1.37. The lowest BCUT2D eigenvalue weighted by molar-refractivity contribution is -0.129. The Bertz CT molecular complexity index is 608. The summed E-state index contributed by atoms with van der Waals surface area (Å²) in [5, 5.41) is 1.97. The van der Waals surface area contributed by atoms with Crippen molar-refractivity contribution in [1.29, 1.82) is 0 Å². The van der Waals surface area contributed by atoms with Gasteiger partial charge in [0.1, 0.15) is 10.8 Å². The van der Waals surface area contributed by atoms with Crippen LogP contribution in [0.15, 0.2) is 29.0 Å². The van der Waals surface area contributed by atoms with E-state index in [1.54, 1.807) is 6.07 Å². The van der Waals surface area contributed by atoms with E-state index in [0.717, 1.165) is 5.56 Å². The summed E-state index contributed by atoms with van der Waals surface area (Å²) in [5.41, 5.74) is 2.24. The van der Waals surface area contributed by atoms with Gasteiger partial charge in [0, 0.05) is 0 Å². The highest BCUT2D eigenvalue weighted by Crippen LogP contribution is 2.32. The Hall–Kier alpha value is -1.82. The van der Waals surface area contributed by atoms with Gasteiger partial charge >= 0.3 is 0 Å². The lowest BCUT2D eigenvalue weighted by Crippen LogP contribution is -2.39. The maximum Gasteiger partial charge on any atom is 0.244 e. The van der Waals surface area contributed by atoms with Gasteiger partial charge in [-0.1, -0.05) is 6.07 Å². The van der Waals surface area contributed by atoms with Gasteiger partial charge in [0.25, 0.3) is 0 Å². The summed E-state index contributed by atoms with van der Waals surface area (Å²) < 4.78 is 5.13. The average molecular weight is 248 g/mol. The van der Waals surface area contributed by atoms with Gasteiger partial charge in [0.2, 0.25) is 11.8 Å². The number of nitrogens with zero attached hydrogens (tertiary/aromatic N) is 1. The Morgan fingerprint density at radius 3 is 3.12 bits per heavy atom. The fraction of sp³-hybridized carbons (Fsp3) is 0.182. The Labute approximate surface area is 101 Å². The number of imide groups is 1. The predicted molar refractivity (Wildman–Crippen MR) is 62.4 cm³/mol. The van der Waals surface area contributed by atoms with Crippen LogP contribution in [-0.2, 0) is 9.59 Å². The molecule has 0 spiro atoms. The number of carbonyl (C=O) groups is 2. The van der Waals surface area contributed by atoms with Crippen LogP contribution in [0.3, 0.4) is 0 Å². The number of thioether (sulfide) groups is 1. The number of aromatic nitrogens is 1. The average Bonchev–Trinajstić information content (AvgIpc) is 2.75. The largest absolute Gasteiger partial charge is 0.443 e. The molecule has 0 radical (unpaired) electrons. The van der Waals surface area contributed by atoms with Crippen LogP contribution in [0.5, 0.6) is 0 Å². The summed E-state index contributed by atoms with van der Waals surface area (Å²) in [5.74, 6) is -0.208. The highest BCUT2D eigenvalue weighted by atomic mass is 32.2. The highest BCUT2D eigenvalue weighted by molar-refractivity contribution is 8.01. The molecule has 1 saturated heterocycles. The molecular formula is C11H8N2O3S. The third-order valence-corrected chi connectivity index (χ3v) is 3.79. The van der Waals surface area contributed by atoms with Gasteiger partial charge in [-0.15, -0.1) is 11.8 Å². The Morgan fingerprint density at radius 2 is 2.29 bits per heavy atom. The molecule has 5 nitrogen and oxygen atoms in total. The maximum atomic E-state index is 11.7. The summed E-state index contributed by atoms with van der Waals surface area (Å²) in [6, 6.07) is 5.41. The van der Waals surface area contributed by atoms with Crippen molar-refractivity contribution in [3.8, 4) is 0 Å². The number of rotatable bonds is 1. The molecule has 1 N–H and O–H groups in total. The van der Waals surface area contributed by atoms with Crippen molar-refractivity contribution in [2.45, 2.75) is 5.25 Å². The van der Waals surface area contributed by atoms with Gasteiger partial charge < -0.3 is 4.42 Å². The standard InChI is InChI=1S/C11H8N2O3S/c14-9-4-17-10(11(15)13-9)6-1-2-8-7(3-6)12-5-16-8/h1-3,5,10H,4H2,(H,13,14,15). The van der Waals surface area contributed by atoms with E-state index in [1.165, 1.54) is 18.2 Å². The molecule has 1 fully saturated rings. The molecule has 1 unspecified atom stereocenters. The third-order valence-electron chi connectivity index (χ3n) is 2.54. The van der Waals surface area contributed by atoms with Crippen molar-refractivity contribution in [1.82, 2.24) is 10.3 Å². The molecule has 2 aromatic rings. The van der Waals surface area contributed by atoms with Gasteiger partial charge in [0.15, 0.2) is 12.0 Å². The number of oxazole rings is 1. The first-order chi connectivity index (χ1) is 8.24. The van der Waals surface area contributed by atoms with Crippen LogP contribution >= 0.6 is 11.8 Å². The van der Waals surface area contributed by atoms with Crippen molar-refractivity contribution in [3.63, 3.8) is 0 Å². The van der Waals surface area contributed by atoms with Gasteiger partial charge in [0.05, 0.1) is 5.75 Å². The number of carbonyl (C=O) groups excluding carboxylic acids is 2. The summed E-state index contributed by atoms with van der Waals surface area (Å²) in [4.78, 5) is 26.8. The van der Waals surface area contributed by atoms with Gasteiger partial charge in [-0.3, -0.25) is 14.9 Å². The van der Waals surface area contributed by atoms with Crippen LogP contribution in [0.25, 0.3) is 11.1 Å². The topological polar surface area (TPSA) is 72.2 Å². The smallest absolute Gasteiger partial charge is 0.244 e. The Kier molecular flexibility index (Phi) is 2.36. The normalized spacial score (nSPS) is 20.6. The van der Waals surface area contributed by atoms with Crippen LogP contribution in [-0.4, -0.2) is 22.6 Å². The minimum Gasteiger partial charge on any atom is -0.443 e. The number of hydrogen-bond donors (Lipinski definition) is 1. The lowest BCUT2D eigenvalue weighted by Gasteiger charge is -2.20. The molecule has 0 bridgehead atoms. The number of nitrogens with one attached hydrogen (secondary N) is 1. The second-order valence-corrected chi connectivity index (χ2v) is 4.78. The monoisotopic (exact) mass is 248 g/mol. The molecule has 1 aliphatic rings. The fourth-order valence-corrected chi connectivity index (χ4v) is 2.70. The van der Waals surface area contributed by atoms with Crippen molar-refractivity contribution in [3.05, 3.63) is 30.2 Å². The summed E-state index contributed by atoms with van der Waals surface area (Å²) >= 11 is 1.32. The number of benzene rings is 1. The molecule has 0 saturated carbocycles. The van der Waals surface area contributed by atoms with Crippen LogP contribution < -0.4 is 5.32 Å². The highest BCUT2D eigenvalue weighted by Gasteiger charge is 2.28. The summed E-state index contributed by atoms with van der Waals surface area (Å²) in [6.45, 7) is 0. The molecule has 17 heavy (non-hydrogen) atoms. The SMILES string of the molecule is O=C1CSC(c2ccc3ocnc3c2)C(=O)N1. The zero-order valence-corrected chi connectivity index (χ0v) is 9.49. The molecule has 1 aromatic heterocycles. The van der Waals surface area contributed by atoms with Crippen LogP contribution in [0, 0.1) is 0 Å². The number of fused-ring (bicyclic) bond motifs is 1. The lowest BCUT2D eigenvalue weighted by atomic mass is 10.1. The molecule has 2 heterocycles. The molecule has 2 amide bonds. The molecule has 86 valence electrons. The van der Waals surface area contributed by atoms with E-state index in [-0.39, 0.29) is 17.1 Å². The van der Waals surface area contributed by atoms with E-state index < -0.39 is 0 Å². The molecule has 1 aliphatic heterocycles. The first-order valence-electron chi connectivity index (χ1n) is 5.02. The quantitative estimate of drug-likeness (QED) is 0.769. The number of amides is 2. The Morgan fingerprint density at radius 1 is 1.41 bits per heavy atom. The first kappa shape index (κ1) is 10.3. The summed E-state index contributed by atoms with van der Waals surface area (Å²) in [7, 11) is 0. The fourth-order valence-electron chi connectivity index (χ4n) is 1.76. The molecule has 1 aromatic carbocycles. The molecular weight excluding hydrogens is 240 g/mol. The second kappa shape index (κ2) is 3.89. The molecule has 6 heteroatoms. The predicted octanol–water partition coefficient (Wildman–Crippen LogP) is 1.26. The number of hydrogen-bond acceptors (Lipinski definition) is 5. The minimum absolute atomic E-state index is 0.237. The Balaban J connectivity index is 1.97. The minimum atomic E-state index is -0.353. The van der Waals surface area contributed by atoms with Crippen LogP contribution in [0.4, 0.5) is 0 Å². The van der Waals surface area contributed by atoms with Crippen LogP contribution in [0.2, 0.25) is 0 Å². The molecule has 0 aliphatic carbocycles. The third kappa shape index (κ3) is 1.80. The maximum absolute atomic E-state index is 11.7. The van der Waals surface area contributed by atoms with Crippen molar-refractivity contribution in [2.24, 2.45) is 0 Å². The van der Waals surface area contributed by atoms with E-state index >= 15 is 0 Å². The zero-order chi connectivity index (χ0) is 11.8. The second-order valence-electron chi connectivity index (χ2n) is 3.68. The van der Waals surface area contributed by atoms with Crippen molar-refractivity contribution >= 4 is 34.7 Å². The zero-order valence-electron chi connectivity index (χ0n) is 8.67. The van der Waals surface area contributed by atoms with Gasteiger partial charge in [-0.25, -0.2) is 4.98 Å². The van der Waals surface area contributed by atoms with E-state index in [0.29, 0.717) is 16.9 Å². The van der Waals surface area contributed by atoms with E-state index in [2.05, 4.69) is 10.3 Å². The first-order valence-corrected chi connectivity index (χ1v) is 6.07. The van der Waals surface area contributed by atoms with Gasteiger partial charge in [-0.2, -0.15) is 0 Å². The van der Waals surface area contributed by atoms with Crippen molar-refractivity contribution in [2.75, 3.05) is 5.75 Å². The van der Waals surface area contributed by atoms with E-state index in [1.807, 2.05) is 12.1 Å². The van der Waals surface area contributed by atoms with E-state index in [9.17, 15) is 9.59 Å². The van der Waals surface area contributed by atoms with Gasteiger partial charge in [-0.05, 0) is 17.7 Å².